The molecule has 1 unspecified atom stereocenters. The summed E-state index contributed by atoms with van der Waals surface area (Å²) in [6, 6.07) is 12.6. The Bertz CT molecular complexity index is 899. The Morgan fingerprint density at radius 3 is 2.44 bits per heavy atom. The van der Waals surface area contributed by atoms with Gasteiger partial charge in [0.2, 0.25) is 5.91 Å². The number of hydrogen-bond acceptors (Lipinski definition) is 4. The van der Waals surface area contributed by atoms with Crippen LogP contribution in [0.25, 0.3) is 10.8 Å². The van der Waals surface area contributed by atoms with Gasteiger partial charge in [-0.05, 0) is 49.9 Å². The molecule has 1 N–H and O–H groups in total. The van der Waals surface area contributed by atoms with Crippen molar-refractivity contribution >= 4 is 28.7 Å². The zero-order valence-electron chi connectivity index (χ0n) is 15.6. The maximum Gasteiger partial charge on any atom is 0.417 e. The second-order valence-electron chi connectivity index (χ2n) is 7.86. The monoisotopic (exact) mass is 369 g/mol. The molecule has 2 aromatic rings. The van der Waals surface area contributed by atoms with Gasteiger partial charge >= 0.3 is 12.1 Å². The molecule has 1 aliphatic rings. The zero-order chi connectivity index (χ0) is 19.8. The number of carbonyl (C=O) groups excluding carboxylic acids is 2. The lowest BCUT2D eigenvalue weighted by atomic mass is 9.94. The number of rotatable bonds is 3. The van der Waals surface area contributed by atoms with Crippen molar-refractivity contribution in [2.45, 2.75) is 45.3 Å². The molecule has 1 saturated heterocycles. The Morgan fingerprint density at radius 2 is 1.81 bits per heavy atom. The molecule has 0 radical (unpaired) electrons. The van der Waals surface area contributed by atoms with Gasteiger partial charge in [0.05, 0.1) is 0 Å². The molecular weight excluding hydrogens is 346 g/mol. The van der Waals surface area contributed by atoms with E-state index in [0.29, 0.717) is 6.42 Å². The Labute approximate surface area is 157 Å². The van der Waals surface area contributed by atoms with Gasteiger partial charge < -0.3 is 9.84 Å². The minimum absolute atomic E-state index is 0.0836. The number of carboxylic acid groups (broad SMARTS) is 1. The van der Waals surface area contributed by atoms with Crippen LogP contribution < -0.4 is 0 Å². The number of nitrogens with zero attached hydrogens (tertiary/aromatic N) is 1. The number of aliphatic carboxylic acids is 1. The number of likely N-dealkylation sites (tertiary alicyclic amines) is 1. The molecule has 1 aliphatic heterocycles. The van der Waals surface area contributed by atoms with E-state index in [1.807, 2.05) is 42.5 Å². The van der Waals surface area contributed by atoms with Crippen LogP contribution in [0.1, 0.15) is 32.8 Å². The molecule has 0 spiro atoms. The van der Waals surface area contributed by atoms with Crippen LogP contribution in [0.2, 0.25) is 0 Å². The van der Waals surface area contributed by atoms with E-state index in [0.717, 1.165) is 21.2 Å². The van der Waals surface area contributed by atoms with E-state index in [2.05, 4.69) is 0 Å². The number of hydrogen-bond donors (Lipinski definition) is 1. The van der Waals surface area contributed by atoms with Crippen molar-refractivity contribution in [1.29, 1.82) is 0 Å². The number of amides is 2. The minimum atomic E-state index is -1.20. The van der Waals surface area contributed by atoms with E-state index in [1.54, 1.807) is 20.8 Å². The lowest BCUT2D eigenvalue weighted by Crippen LogP contribution is -2.45. The number of carbonyl (C=O) groups is 3. The molecule has 0 saturated carbocycles. The van der Waals surface area contributed by atoms with Gasteiger partial charge in [0.15, 0.2) is 0 Å². The summed E-state index contributed by atoms with van der Waals surface area (Å²) in [5.41, 5.74) is 0.124. The largest absolute Gasteiger partial charge is 0.480 e. The van der Waals surface area contributed by atoms with Gasteiger partial charge in [-0.1, -0.05) is 42.5 Å². The molecule has 142 valence electrons. The first-order valence-corrected chi connectivity index (χ1v) is 8.92. The van der Waals surface area contributed by atoms with Crippen LogP contribution in [-0.2, 0) is 20.7 Å². The molecule has 3 rings (SSSR count). The smallest absolute Gasteiger partial charge is 0.417 e. The summed E-state index contributed by atoms with van der Waals surface area (Å²) in [4.78, 5) is 37.5. The van der Waals surface area contributed by atoms with E-state index in [9.17, 15) is 19.5 Å². The fourth-order valence-electron chi connectivity index (χ4n) is 3.39. The van der Waals surface area contributed by atoms with Crippen molar-refractivity contribution < 1.29 is 24.2 Å². The van der Waals surface area contributed by atoms with Crippen LogP contribution >= 0.6 is 0 Å². The third-order valence-corrected chi connectivity index (χ3v) is 4.58. The summed E-state index contributed by atoms with van der Waals surface area (Å²) in [5, 5.41) is 11.6. The summed E-state index contributed by atoms with van der Waals surface area (Å²) in [5.74, 6) is -2.26. The highest BCUT2D eigenvalue weighted by Gasteiger charge is 2.48. The molecule has 0 aromatic heterocycles. The van der Waals surface area contributed by atoms with Crippen molar-refractivity contribution in [2.24, 2.45) is 5.92 Å². The summed E-state index contributed by atoms with van der Waals surface area (Å²) in [6.07, 6.45) is -0.437. The predicted molar refractivity (Wildman–Crippen MR) is 100 cm³/mol. The molecule has 1 fully saturated rings. The highest BCUT2D eigenvalue weighted by Crippen LogP contribution is 2.30. The molecule has 2 atom stereocenters. The average molecular weight is 369 g/mol. The highest BCUT2D eigenvalue weighted by molar-refractivity contribution is 6.00. The third-order valence-electron chi connectivity index (χ3n) is 4.58. The molecule has 6 nitrogen and oxygen atoms in total. The normalized spacial score (nSPS) is 20.1. The van der Waals surface area contributed by atoms with Gasteiger partial charge in [-0.15, -0.1) is 0 Å². The number of ether oxygens (including phenoxy) is 1. The number of carboxylic acids is 1. The number of imide groups is 1. The van der Waals surface area contributed by atoms with Crippen LogP contribution in [0.15, 0.2) is 42.5 Å². The minimum Gasteiger partial charge on any atom is -0.480 e. The van der Waals surface area contributed by atoms with Gasteiger partial charge in [-0.25, -0.2) is 14.5 Å². The average Bonchev–Trinajstić information content (AvgIpc) is 2.90. The summed E-state index contributed by atoms with van der Waals surface area (Å²) in [7, 11) is 0. The lowest BCUT2D eigenvalue weighted by Gasteiger charge is -2.25. The Morgan fingerprint density at radius 1 is 1.15 bits per heavy atom. The standard InChI is InChI=1S/C21H23NO5/c1-21(2,3)27-20(26)22-17(19(24)25)12-16(18(22)23)11-13-8-9-14-6-4-5-7-15(14)10-13/h4-10,16-17H,11-12H2,1-3H3,(H,24,25)/t16?,17-/m0/s1. The first kappa shape index (κ1) is 18.9. The fourth-order valence-corrected chi connectivity index (χ4v) is 3.39. The van der Waals surface area contributed by atoms with Gasteiger partial charge in [0.1, 0.15) is 11.6 Å². The maximum absolute atomic E-state index is 12.8. The lowest BCUT2D eigenvalue weighted by molar-refractivity contribution is -0.145. The van der Waals surface area contributed by atoms with Gasteiger partial charge in [-0.2, -0.15) is 0 Å². The molecule has 1 heterocycles. The Kier molecular flexibility index (Phi) is 4.91. The molecular formula is C21H23NO5. The molecule has 2 aromatic carbocycles. The molecule has 0 aliphatic carbocycles. The highest BCUT2D eigenvalue weighted by atomic mass is 16.6. The van der Waals surface area contributed by atoms with Crippen molar-refractivity contribution in [3.8, 4) is 0 Å². The quantitative estimate of drug-likeness (QED) is 0.893. The van der Waals surface area contributed by atoms with Crippen molar-refractivity contribution in [3.63, 3.8) is 0 Å². The van der Waals surface area contributed by atoms with Gasteiger partial charge in [-0.3, -0.25) is 4.79 Å². The molecule has 6 heteroatoms. The number of benzene rings is 2. The van der Waals surface area contributed by atoms with Gasteiger partial charge in [0, 0.05) is 5.92 Å². The fraction of sp³-hybridized carbons (Fsp3) is 0.381. The molecule has 27 heavy (non-hydrogen) atoms. The van der Waals surface area contributed by atoms with Crippen molar-refractivity contribution in [2.75, 3.05) is 0 Å². The molecule has 2 amide bonds. The van der Waals surface area contributed by atoms with E-state index < -0.39 is 35.5 Å². The first-order chi connectivity index (χ1) is 12.7. The summed E-state index contributed by atoms with van der Waals surface area (Å²) in [6.45, 7) is 5.02. The van der Waals surface area contributed by atoms with Crippen molar-refractivity contribution in [3.05, 3.63) is 48.0 Å². The number of fused-ring (bicyclic) bond motifs is 1. The molecule has 0 bridgehead atoms. The zero-order valence-corrected chi connectivity index (χ0v) is 15.6. The summed E-state index contributed by atoms with van der Waals surface area (Å²) >= 11 is 0. The topological polar surface area (TPSA) is 83.9 Å². The van der Waals surface area contributed by atoms with Crippen LogP contribution in [0, 0.1) is 5.92 Å². The Hall–Kier alpha value is -2.89. The van der Waals surface area contributed by atoms with Gasteiger partial charge in [0.25, 0.3) is 0 Å². The van der Waals surface area contributed by atoms with Crippen molar-refractivity contribution in [1.82, 2.24) is 4.90 Å². The van der Waals surface area contributed by atoms with Crippen LogP contribution in [0.5, 0.6) is 0 Å². The maximum atomic E-state index is 12.8. The first-order valence-electron chi connectivity index (χ1n) is 8.92. The van der Waals surface area contributed by atoms with E-state index in [-0.39, 0.29) is 6.42 Å². The van der Waals surface area contributed by atoms with Crippen LogP contribution in [0.4, 0.5) is 4.79 Å². The van der Waals surface area contributed by atoms with E-state index in [1.165, 1.54) is 0 Å². The second kappa shape index (κ2) is 7.02. The SMILES string of the molecule is CC(C)(C)OC(=O)N1C(=O)C(Cc2ccc3ccccc3c2)C[C@H]1C(=O)O. The Balaban J connectivity index is 1.82. The predicted octanol–water partition coefficient (Wildman–Crippen LogP) is 3.62. The van der Waals surface area contributed by atoms with Crippen LogP contribution in [0.3, 0.4) is 0 Å². The van der Waals surface area contributed by atoms with E-state index >= 15 is 0 Å². The van der Waals surface area contributed by atoms with Crippen LogP contribution in [-0.4, -0.2) is 39.6 Å². The second-order valence-corrected chi connectivity index (χ2v) is 7.86. The summed E-state index contributed by atoms with van der Waals surface area (Å²) < 4.78 is 5.23. The third kappa shape index (κ3) is 4.10. The van der Waals surface area contributed by atoms with E-state index in [4.69, 9.17) is 4.74 Å².